The fourth-order valence-corrected chi connectivity index (χ4v) is 0.975. The van der Waals surface area contributed by atoms with E-state index in [-0.39, 0.29) is 6.03 Å². The molecule has 1 aromatic rings. The number of amides is 2. The molecule has 0 fully saturated rings. The number of rotatable bonds is 2. The Labute approximate surface area is 83.5 Å². The molecule has 2 amide bonds. The molecule has 0 saturated heterocycles. The van der Waals surface area contributed by atoms with E-state index in [0.717, 1.165) is 0 Å². The van der Waals surface area contributed by atoms with Gasteiger partial charge in [-0.3, -0.25) is 0 Å². The molecule has 1 N–H and O–H groups in total. The van der Waals surface area contributed by atoms with Crippen molar-refractivity contribution in [2.24, 2.45) is 0 Å². The zero-order valence-corrected chi connectivity index (χ0v) is 8.57. The van der Waals surface area contributed by atoms with Gasteiger partial charge in [0.15, 0.2) is 0 Å². The van der Waals surface area contributed by atoms with E-state index >= 15 is 0 Å². The third-order valence-corrected chi connectivity index (χ3v) is 1.75. The van der Waals surface area contributed by atoms with E-state index in [2.05, 4.69) is 5.32 Å². The third-order valence-electron chi connectivity index (χ3n) is 1.75. The summed E-state index contributed by atoms with van der Waals surface area (Å²) in [5, 5.41) is 2.72. The molecule has 0 radical (unpaired) electrons. The summed E-state index contributed by atoms with van der Waals surface area (Å²) in [6.45, 7) is 0. The number of nitrogens with one attached hydrogen (secondary N) is 1. The number of ether oxygens (including phenoxy) is 1. The van der Waals surface area contributed by atoms with Crippen molar-refractivity contribution in [3.8, 4) is 5.75 Å². The first-order chi connectivity index (χ1) is 6.65. The molecule has 0 aliphatic carbocycles. The van der Waals surface area contributed by atoms with Crippen molar-refractivity contribution in [1.29, 1.82) is 0 Å². The summed E-state index contributed by atoms with van der Waals surface area (Å²) in [7, 11) is 4.94. The summed E-state index contributed by atoms with van der Waals surface area (Å²) in [6, 6.07) is 7.11. The van der Waals surface area contributed by atoms with Crippen LogP contribution in [0.4, 0.5) is 10.5 Å². The van der Waals surface area contributed by atoms with Crippen LogP contribution in [0, 0.1) is 0 Å². The number of hydrogen-bond acceptors (Lipinski definition) is 2. The molecule has 1 aromatic carbocycles. The number of para-hydroxylation sites is 2. The van der Waals surface area contributed by atoms with Gasteiger partial charge in [-0.2, -0.15) is 0 Å². The van der Waals surface area contributed by atoms with E-state index in [9.17, 15) is 4.79 Å². The standard InChI is InChI=1S/C10H14N2O2/c1-12(2)10(13)11-8-6-4-5-7-9(8)14-3/h4-7H,1-3H3,(H,11,13). The number of nitrogens with zero attached hydrogens (tertiary/aromatic N) is 1. The van der Waals surface area contributed by atoms with Crippen molar-refractivity contribution in [3.63, 3.8) is 0 Å². The molecule has 0 aliphatic heterocycles. The minimum absolute atomic E-state index is 0.172. The Morgan fingerprint density at radius 3 is 2.57 bits per heavy atom. The van der Waals surface area contributed by atoms with Crippen LogP contribution in [0.1, 0.15) is 0 Å². The van der Waals surface area contributed by atoms with Crippen LogP contribution >= 0.6 is 0 Å². The molecule has 0 atom stereocenters. The molecule has 4 heteroatoms. The number of anilines is 1. The minimum Gasteiger partial charge on any atom is -0.495 e. The van der Waals surface area contributed by atoms with Gasteiger partial charge in [0.05, 0.1) is 12.8 Å². The number of hydrogen-bond donors (Lipinski definition) is 1. The van der Waals surface area contributed by atoms with Crippen LogP contribution in [0.5, 0.6) is 5.75 Å². The molecule has 0 heterocycles. The molecule has 14 heavy (non-hydrogen) atoms. The maximum atomic E-state index is 11.3. The molecule has 4 nitrogen and oxygen atoms in total. The predicted octanol–water partition coefficient (Wildman–Crippen LogP) is 1.79. The lowest BCUT2D eigenvalue weighted by atomic mass is 10.3. The van der Waals surface area contributed by atoms with Crippen molar-refractivity contribution >= 4 is 11.7 Å². The van der Waals surface area contributed by atoms with Gasteiger partial charge in [0.25, 0.3) is 0 Å². The highest BCUT2D eigenvalue weighted by Gasteiger charge is 2.07. The van der Waals surface area contributed by atoms with Gasteiger partial charge >= 0.3 is 6.03 Å². The Balaban J connectivity index is 2.80. The maximum Gasteiger partial charge on any atom is 0.321 e. The van der Waals surface area contributed by atoms with E-state index in [1.54, 1.807) is 33.3 Å². The maximum absolute atomic E-state index is 11.3. The first kappa shape index (κ1) is 10.4. The Bertz CT molecular complexity index is 324. The van der Waals surface area contributed by atoms with Crippen LogP contribution in [0.25, 0.3) is 0 Å². The molecule has 1 rings (SSSR count). The zero-order chi connectivity index (χ0) is 10.6. The van der Waals surface area contributed by atoms with Gasteiger partial charge in [-0.15, -0.1) is 0 Å². The summed E-state index contributed by atoms with van der Waals surface area (Å²) in [5.41, 5.74) is 0.675. The van der Waals surface area contributed by atoms with E-state index in [1.807, 2.05) is 12.1 Å². The zero-order valence-electron chi connectivity index (χ0n) is 8.57. The van der Waals surface area contributed by atoms with Crippen molar-refractivity contribution in [3.05, 3.63) is 24.3 Å². The van der Waals surface area contributed by atoms with E-state index in [1.165, 1.54) is 4.90 Å². The first-order valence-electron chi connectivity index (χ1n) is 4.26. The molecule has 0 unspecified atom stereocenters. The van der Waals surface area contributed by atoms with Crippen LogP contribution < -0.4 is 10.1 Å². The van der Waals surface area contributed by atoms with Crippen LogP contribution in [-0.4, -0.2) is 32.1 Å². The average molecular weight is 194 g/mol. The molecule has 76 valence electrons. The number of carbonyl (C=O) groups excluding carboxylic acids is 1. The average Bonchev–Trinajstić information content (AvgIpc) is 2.18. The smallest absolute Gasteiger partial charge is 0.321 e. The SMILES string of the molecule is COc1ccccc1NC(=O)N(C)C. The van der Waals surface area contributed by atoms with E-state index in [4.69, 9.17) is 4.74 Å². The van der Waals surface area contributed by atoms with Crippen LogP contribution in [-0.2, 0) is 0 Å². The lowest BCUT2D eigenvalue weighted by Gasteiger charge is -2.13. The highest BCUT2D eigenvalue weighted by Crippen LogP contribution is 2.22. The summed E-state index contributed by atoms with van der Waals surface area (Å²) in [6.07, 6.45) is 0. The van der Waals surface area contributed by atoms with Crippen LogP contribution in [0.2, 0.25) is 0 Å². The molecular formula is C10H14N2O2. The highest BCUT2D eigenvalue weighted by atomic mass is 16.5. The van der Waals surface area contributed by atoms with E-state index in [0.29, 0.717) is 11.4 Å². The molecular weight excluding hydrogens is 180 g/mol. The fraction of sp³-hybridized carbons (Fsp3) is 0.300. The topological polar surface area (TPSA) is 41.6 Å². The Hall–Kier alpha value is -1.71. The van der Waals surface area contributed by atoms with Crippen LogP contribution in [0.15, 0.2) is 24.3 Å². The first-order valence-corrected chi connectivity index (χ1v) is 4.26. The molecule has 0 aliphatic rings. The lowest BCUT2D eigenvalue weighted by Crippen LogP contribution is -2.27. The van der Waals surface area contributed by atoms with Crippen molar-refractivity contribution in [1.82, 2.24) is 4.90 Å². The van der Waals surface area contributed by atoms with Gasteiger partial charge in [-0.1, -0.05) is 12.1 Å². The summed E-state index contributed by atoms with van der Waals surface area (Å²) >= 11 is 0. The second kappa shape index (κ2) is 4.50. The van der Waals surface area contributed by atoms with Gasteiger partial charge < -0.3 is 15.0 Å². The molecule has 0 saturated carbocycles. The van der Waals surface area contributed by atoms with Gasteiger partial charge in [0, 0.05) is 14.1 Å². The Kier molecular flexibility index (Phi) is 3.34. The third kappa shape index (κ3) is 2.39. The summed E-state index contributed by atoms with van der Waals surface area (Å²) < 4.78 is 5.09. The molecule has 0 bridgehead atoms. The Morgan fingerprint density at radius 1 is 1.36 bits per heavy atom. The fourth-order valence-electron chi connectivity index (χ4n) is 0.975. The minimum atomic E-state index is -0.172. The summed E-state index contributed by atoms with van der Waals surface area (Å²) in [5.74, 6) is 0.655. The van der Waals surface area contributed by atoms with Gasteiger partial charge in [0.2, 0.25) is 0 Å². The highest BCUT2D eigenvalue weighted by molar-refractivity contribution is 5.90. The van der Waals surface area contributed by atoms with Crippen molar-refractivity contribution < 1.29 is 9.53 Å². The van der Waals surface area contributed by atoms with Crippen molar-refractivity contribution in [2.45, 2.75) is 0 Å². The predicted molar refractivity (Wildman–Crippen MR) is 55.7 cm³/mol. The largest absolute Gasteiger partial charge is 0.495 e. The normalized spacial score (nSPS) is 9.36. The number of benzene rings is 1. The second-order valence-electron chi connectivity index (χ2n) is 3.02. The monoisotopic (exact) mass is 194 g/mol. The number of urea groups is 1. The number of carbonyl (C=O) groups is 1. The quantitative estimate of drug-likeness (QED) is 0.779. The van der Waals surface area contributed by atoms with Gasteiger partial charge in [-0.25, -0.2) is 4.79 Å². The number of methoxy groups -OCH3 is 1. The molecule has 0 spiro atoms. The van der Waals surface area contributed by atoms with E-state index < -0.39 is 0 Å². The second-order valence-corrected chi connectivity index (χ2v) is 3.02. The molecule has 0 aromatic heterocycles. The lowest BCUT2D eigenvalue weighted by molar-refractivity contribution is 0.230. The van der Waals surface area contributed by atoms with Gasteiger partial charge in [0.1, 0.15) is 5.75 Å². The van der Waals surface area contributed by atoms with Crippen LogP contribution in [0.3, 0.4) is 0 Å². The Morgan fingerprint density at radius 2 is 2.00 bits per heavy atom. The van der Waals surface area contributed by atoms with Crippen molar-refractivity contribution in [2.75, 3.05) is 26.5 Å². The van der Waals surface area contributed by atoms with Gasteiger partial charge in [-0.05, 0) is 12.1 Å². The summed E-state index contributed by atoms with van der Waals surface area (Å²) in [4.78, 5) is 12.8.